The van der Waals surface area contributed by atoms with E-state index >= 15 is 0 Å². The highest BCUT2D eigenvalue weighted by molar-refractivity contribution is 6.32. The number of benzene rings is 2. The van der Waals surface area contributed by atoms with Gasteiger partial charge in [-0.25, -0.2) is 0 Å². The molecule has 0 atom stereocenters. The number of rotatable bonds is 8. The molecule has 4 nitrogen and oxygen atoms in total. The highest BCUT2D eigenvalue weighted by atomic mass is 35.5. The Bertz CT molecular complexity index is 1260. The predicted molar refractivity (Wildman–Crippen MR) is 155 cm³/mol. The summed E-state index contributed by atoms with van der Waals surface area (Å²) in [6.07, 6.45) is 1.88. The summed E-state index contributed by atoms with van der Waals surface area (Å²) in [5.41, 5.74) is 5.67. The molecule has 7 heteroatoms. The van der Waals surface area contributed by atoms with E-state index in [1.807, 2.05) is 6.20 Å². The standard InChI is InChI=1S/C28H34ClN3O.2ClH/c1-7-31-27-20(6)30-13-12-24(27)26-17-22(29)16-25(28(26)31)21-8-10-23(11-9-21)33-15-14-32(18(2)3)19(4)5;;/h8-13,16-19H,7,14-15H2,1-6H3;2*1H. The normalized spacial score (nSPS) is 11.4. The molecule has 0 N–H and O–H groups in total. The summed E-state index contributed by atoms with van der Waals surface area (Å²) in [7, 11) is 0. The molecule has 2 aromatic heterocycles. The molecule has 4 rings (SSSR count). The third-order valence-electron chi connectivity index (χ3n) is 6.44. The lowest BCUT2D eigenvalue weighted by Gasteiger charge is -2.30. The lowest BCUT2D eigenvalue weighted by molar-refractivity contribution is 0.142. The van der Waals surface area contributed by atoms with Crippen LogP contribution in [-0.4, -0.2) is 39.7 Å². The van der Waals surface area contributed by atoms with Gasteiger partial charge in [0.25, 0.3) is 0 Å². The summed E-state index contributed by atoms with van der Waals surface area (Å²) < 4.78 is 8.42. The van der Waals surface area contributed by atoms with Gasteiger partial charge in [-0.1, -0.05) is 23.7 Å². The van der Waals surface area contributed by atoms with Crippen molar-refractivity contribution in [3.8, 4) is 16.9 Å². The second-order valence-electron chi connectivity index (χ2n) is 9.18. The number of nitrogens with zero attached hydrogens (tertiary/aromatic N) is 3. The fourth-order valence-corrected chi connectivity index (χ4v) is 5.19. The maximum Gasteiger partial charge on any atom is 0.119 e. The zero-order valence-corrected chi connectivity index (χ0v) is 23.7. The average Bonchev–Trinajstić information content (AvgIpc) is 3.11. The van der Waals surface area contributed by atoms with Gasteiger partial charge >= 0.3 is 0 Å². The minimum Gasteiger partial charge on any atom is -0.492 e. The van der Waals surface area contributed by atoms with Crippen LogP contribution in [0.2, 0.25) is 5.02 Å². The first-order valence-electron chi connectivity index (χ1n) is 11.9. The van der Waals surface area contributed by atoms with Crippen molar-refractivity contribution >= 4 is 58.2 Å². The third kappa shape index (κ3) is 5.89. The number of aryl methyl sites for hydroxylation is 2. The van der Waals surface area contributed by atoms with E-state index in [-0.39, 0.29) is 24.8 Å². The minimum absolute atomic E-state index is 0. The van der Waals surface area contributed by atoms with Gasteiger partial charge in [0.15, 0.2) is 0 Å². The van der Waals surface area contributed by atoms with Gasteiger partial charge in [0, 0.05) is 52.7 Å². The summed E-state index contributed by atoms with van der Waals surface area (Å²) in [6.45, 7) is 15.6. The van der Waals surface area contributed by atoms with E-state index in [1.165, 1.54) is 21.8 Å². The Morgan fingerprint density at radius 3 is 2.20 bits per heavy atom. The second-order valence-corrected chi connectivity index (χ2v) is 9.62. The number of aromatic nitrogens is 2. The molecular weight excluding hydrogens is 501 g/mol. The Balaban J connectivity index is 0.00000216. The monoisotopic (exact) mass is 535 g/mol. The molecule has 0 aliphatic carbocycles. The number of halogens is 3. The van der Waals surface area contributed by atoms with Gasteiger partial charge in [-0.05, 0) is 77.4 Å². The number of pyridine rings is 1. The molecule has 0 saturated heterocycles. The molecule has 0 spiro atoms. The molecule has 0 amide bonds. The van der Waals surface area contributed by atoms with Crippen molar-refractivity contribution < 1.29 is 4.74 Å². The van der Waals surface area contributed by atoms with Crippen molar-refractivity contribution in [1.29, 1.82) is 0 Å². The Labute approximate surface area is 226 Å². The van der Waals surface area contributed by atoms with E-state index in [1.54, 1.807) is 0 Å². The molecule has 0 fully saturated rings. The van der Waals surface area contributed by atoms with Crippen molar-refractivity contribution in [2.45, 2.75) is 60.2 Å². The first-order valence-corrected chi connectivity index (χ1v) is 12.3. The maximum atomic E-state index is 6.59. The van der Waals surface area contributed by atoms with Gasteiger partial charge in [-0.2, -0.15) is 0 Å². The molecule has 0 saturated carbocycles. The number of hydrogen-bond donors (Lipinski definition) is 0. The zero-order chi connectivity index (χ0) is 23.7. The SMILES string of the molecule is CCn1c2c(-c3ccc(OCCN(C(C)C)C(C)C)cc3)cc(Cl)cc2c2ccnc(C)c21.Cl.Cl. The van der Waals surface area contributed by atoms with E-state index in [9.17, 15) is 0 Å². The topological polar surface area (TPSA) is 30.3 Å². The molecule has 0 radical (unpaired) electrons. The average molecular weight is 537 g/mol. The Hall–Kier alpha value is -1.98. The van der Waals surface area contributed by atoms with Gasteiger partial charge in [0.05, 0.1) is 16.7 Å². The van der Waals surface area contributed by atoms with Crippen molar-refractivity contribution in [2.75, 3.05) is 13.2 Å². The summed E-state index contributed by atoms with van der Waals surface area (Å²) in [5.74, 6) is 0.889. The molecule has 0 bridgehead atoms. The molecule has 4 aromatic rings. The van der Waals surface area contributed by atoms with Crippen LogP contribution in [0.1, 0.15) is 40.3 Å². The predicted octanol–water partition coefficient (Wildman–Crippen LogP) is 8.18. The summed E-state index contributed by atoms with van der Waals surface area (Å²) in [5, 5.41) is 3.11. The third-order valence-corrected chi connectivity index (χ3v) is 6.66. The van der Waals surface area contributed by atoms with E-state index in [2.05, 4.69) is 98.5 Å². The van der Waals surface area contributed by atoms with Gasteiger partial charge in [0.2, 0.25) is 0 Å². The van der Waals surface area contributed by atoms with Crippen LogP contribution < -0.4 is 4.74 Å². The van der Waals surface area contributed by atoms with Crippen LogP contribution in [0.3, 0.4) is 0 Å². The van der Waals surface area contributed by atoms with Crippen LogP contribution in [0, 0.1) is 6.92 Å². The molecule has 35 heavy (non-hydrogen) atoms. The lowest BCUT2D eigenvalue weighted by Crippen LogP contribution is -2.39. The van der Waals surface area contributed by atoms with E-state index in [0.717, 1.165) is 40.7 Å². The number of hydrogen-bond acceptors (Lipinski definition) is 3. The highest BCUT2D eigenvalue weighted by Gasteiger charge is 2.17. The van der Waals surface area contributed by atoms with E-state index < -0.39 is 0 Å². The Kier molecular flexibility index (Phi) is 10.3. The molecule has 0 unspecified atom stereocenters. The maximum absolute atomic E-state index is 6.59. The first-order chi connectivity index (χ1) is 15.8. The van der Waals surface area contributed by atoms with E-state index in [0.29, 0.717) is 18.7 Å². The molecule has 2 heterocycles. The summed E-state index contributed by atoms with van der Waals surface area (Å²) >= 11 is 6.59. The van der Waals surface area contributed by atoms with Gasteiger partial charge in [-0.15, -0.1) is 24.8 Å². The van der Waals surface area contributed by atoms with Crippen molar-refractivity contribution in [3.05, 3.63) is 59.4 Å². The first kappa shape index (κ1) is 29.3. The minimum atomic E-state index is 0. The van der Waals surface area contributed by atoms with Crippen LogP contribution >= 0.6 is 36.4 Å². The largest absolute Gasteiger partial charge is 0.492 e. The van der Waals surface area contributed by atoms with Crippen LogP contribution in [0.5, 0.6) is 5.75 Å². The second kappa shape index (κ2) is 12.3. The zero-order valence-electron chi connectivity index (χ0n) is 21.3. The Morgan fingerprint density at radius 2 is 1.60 bits per heavy atom. The molecular formula is C28H36Cl3N3O. The molecule has 190 valence electrons. The van der Waals surface area contributed by atoms with Crippen LogP contribution in [0.4, 0.5) is 0 Å². The quantitative estimate of drug-likeness (QED) is 0.227. The fraction of sp³-hybridized carbons (Fsp3) is 0.393. The fourth-order valence-electron chi connectivity index (χ4n) is 4.97. The van der Waals surface area contributed by atoms with Gasteiger partial charge in [0.1, 0.15) is 12.4 Å². The number of ether oxygens (including phenoxy) is 1. The lowest BCUT2D eigenvalue weighted by atomic mass is 10.0. The van der Waals surface area contributed by atoms with Crippen molar-refractivity contribution in [1.82, 2.24) is 14.5 Å². The van der Waals surface area contributed by atoms with Crippen LogP contribution in [0.25, 0.3) is 32.9 Å². The van der Waals surface area contributed by atoms with Crippen LogP contribution in [0.15, 0.2) is 48.7 Å². The van der Waals surface area contributed by atoms with Crippen molar-refractivity contribution in [2.24, 2.45) is 0 Å². The molecule has 0 aliphatic rings. The molecule has 2 aromatic carbocycles. The molecule has 0 aliphatic heterocycles. The highest BCUT2D eigenvalue weighted by Crippen LogP contribution is 2.39. The Morgan fingerprint density at radius 1 is 0.943 bits per heavy atom. The summed E-state index contributed by atoms with van der Waals surface area (Å²) in [6, 6.07) is 15.6. The van der Waals surface area contributed by atoms with Gasteiger partial charge in [-0.3, -0.25) is 9.88 Å². The van der Waals surface area contributed by atoms with Crippen molar-refractivity contribution in [3.63, 3.8) is 0 Å². The van der Waals surface area contributed by atoms with Crippen LogP contribution in [-0.2, 0) is 6.54 Å². The van der Waals surface area contributed by atoms with E-state index in [4.69, 9.17) is 16.3 Å². The number of fused-ring (bicyclic) bond motifs is 3. The van der Waals surface area contributed by atoms with Gasteiger partial charge < -0.3 is 9.30 Å². The summed E-state index contributed by atoms with van der Waals surface area (Å²) in [4.78, 5) is 6.98. The smallest absolute Gasteiger partial charge is 0.119 e.